The fraction of sp³-hybridized carbons (Fsp3) is 0.500. The first-order valence-corrected chi connectivity index (χ1v) is 7.79. The van der Waals surface area contributed by atoms with Crippen molar-refractivity contribution in [2.75, 3.05) is 19.7 Å². The Hall–Kier alpha value is -2.28. The van der Waals surface area contributed by atoms with Gasteiger partial charge in [0.25, 0.3) is 0 Å². The zero-order valence-corrected chi connectivity index (χ0v) is 13.5. The van der Waals surface area contributed by atoms with Crippen molar-refractivity contribution in [2.24, 2.45) is 7.05 Å². The minimum absolute atomic E-state index is 0.144. The summed E-state index contributed by atoms with van der Waals surface area (Å²) in [5.74, 6) is 0.857. The lowest BCUT2D eigenvalue weighted by Gasteiger charge is -2.32. The van der Waals surface area contributed by atoms with Gasteiger partial charge in [0.15, 0.2) is 0 Å². The first-order valence-electron chi connectivity index (χ1n) is 7.79. The third-order valence-corrected chi connectivity index (χ3v) is 4.06. The van der Waals surface area contributed by atoms with Crippen LogP contribution < -0.4 is 0 Å². The Morgan fingerprint density at radius 3 is 3.00 bits per heavy atom. The van der Waals surface area contributed by atoms with Gasteiger partial charge in [-0.25, -0.2) is 9.97 Å². The Kier molecular flexibility index (Phi) is 4.66. The molecule has 1 aliphatic rings. The molecule has 1 amide bonds. The summed E-state index contributed by atoms with van der Waals surface area (Å²) < 4.78 is 7.58. The molecule has 0 bridgehead atoms. The van der Waals surface area contributed by atoms with E-state index in [0.717, 1.165) is 11.4 Å². The standard InChI is InChI=1S/C16H21N5O2/c1-12-17-7-6-14(19-12)15-11-21(9-10-23-15)16(22)4-3-13-5-8-18-20(13)2/h5-8,15H,3-4,9-11H2,1-2H3/t15-/m0/s1. The highest BCUT2D eigenvalue weighted by atomic mass is 16.5. The van der Waals surface area contributed by atoms with E-state index in [1.807, 2.05) is 31.0 Å². The number of hydrogen-bond acceptors (Lipinski definition) is 5. The van der Waals surface area contributed by atoms with Gasteiger partial charge in [-0.2, -0.15) is 5.10 Å². The Labute approximate surface area is 135 Å². The summed E-state index contributed by atoms with van der Waals surface area (Å²) in [7, 11) is 1.89. The van der Waals surface area contributed by atoms with E-state index in [2.05, 4.69) is 15.1 Å². The molecule has 0 aromatic carbocycles. The van der Waals surface area contributed by atoms with Crippen LogP contribution in [0.3, 0.4) is 0 Å². The van der Waals surface area contributed by atoms with Crippen LogP contribution in [0.15, 0.2) is 24.5 Å². The van der Waals surface area contributed by atoms with Crippen LogP contribution in [0.2, 0.25) is 0 Å². The average molecular weight is 315 g/mol. The largest absolute Gasteiger partial charge is 0.368 e. The molecular weight excluding hydrogens is 294 g/mol. The second kappa shape index (κ2) is 6.87. The molecule has 0 radical (unpaired) electrons. The van der Waals surface area contributed by atoms with Crippen molar-refractivity contribution in [3.8, 4) is 0 Å². The van der Waals surface area contributed by atoms with Crippen LogP contribution in [0.25, 0.3) is 0 Å². The second-order valence-corrected chi connectivity index (χ2v) is 5.67. The van der Waals surface area contributed by atoms with Gasteiger partial charge in [-0.15, -0.1) is 0 Å². The van der Waals surface area contributed by atoms with E-state index >= 15 is 0 Å². The van der Waals surface area contributed by atoms with E-state index in [1.54, 1.807) is 17.1 Å². The van der Waals surface area contributed by atoms with Crippen LogP contribution >= 0.6 is 0 Å². The molecule has 122 valence electrons. The van der Waals surface area contributed by atoms with Crippen LogP contribution in [-0.4, -0.2) is 50.3 Å². The highest BCUT2D eigenvalue weighted by molar-refractivity contribution is 5.76. The van der Waals surface area contributed by atoms with Crippen LogP contribution in [0.1, 0.15) is 29.7 Å². The zero-order valence-electron chi connectivity index (χ0n) is 13.5. The summed E-state index contributed by atoms with van der Waals surface area (Å²) in [5, 5.41) is 4.12. The Balaban J connectivity index is 1.59. The van der Waals surface area contributed by atoms with Gasteiger partial charge in [0, 0.05) is 38.1 Å². The molecule has 0 aliphatic carbocycles. The van der Waals surface area contributed by atoms with Gasteiger partial charge in [-0.3, -0.25) is 9.48 Å². The van der Waals surface area contributed by atoms with E-state index < -0.39 is 0 Å². The van der Waals surface area contributed by atoms with Crippen LogP contribution in [0.4, 0.5) is 0 Å². The Bertz CT molecular complexity index is 685. The lowest BCUT2D eigenvalue weighted by molar-refractivity contribution is -0.139. The summed E-state index contributed by atoms with van der Waals surface area (Å²) in [5.41, 5.74) is 1.90. The number of rotatable bonds is 4. The van der Waals surface area contributed by atoms with Crippen molar-refractivity contribution in [1.82, 2.24) is 24.6 Å². The van der Waals surface area contributed by atoms with Gasteiger partial charge in [0.1, 0.15) is 11.9 Å². The molecule has 0 unspecified atom stereocenters. The van der Waals surface area contributed by atoms with E-state index in [0.29, 0.717) is 38.4 Å². The van der Waals surface area contributed by atoms with Gasteiger partial charge in [-0.1, -0.05) is 0 Å². The third-order valence-electron chi connectivity index (χ3n) is 4.06. The molecule has 0 spiro atoms. The molecular formula is C16H21N5O2. The van der Waals surface area contributed by atoms with Crippen molar-refractivity contribution in [3.63, 3.8) is 0 Å². The average Bonchev–Trinajstić information content (AvgIpc) is 2.98. The maximum Gasteiger partial charge on any atom is 0.223 e. The SMILES string of the molecule is Cc1nccc([C@@H]2CN(C(=O)CCc3ccnn3C)CCO2)n1. The predicted octanol–water partition coefficient (Wildman–Crippen LogP) is 1.05. The number of carbonyl (C=O) groups is 1. The summed E-state index contributed by atoms with van der Waals surface area (Å²) in [4.78, 5) is 22.8. The smallest absolute Gasteiger partial charge is 0.223 e. The first-order chi connectivity index (χ1) is 11.1. The second-order valence-electron chi connectivity index (χ2n) is 5.67. The number of amides is 1. The molecule has 2 aromatic rings. The van der Waals surface area contributed by atoms with Gasteiger partial charge in [0.2, 0.25) is 5.91 Å². The quantitative estimate of drug-likeness (QED) is 0.843. The molecule has 3 heterocycles. The normalized spacial score (nSPS) is 18.2. The molecule has 7 heteroatoms. The summed E-state index contributed by atoms with van der Waals surface area (Å²) in [6, 6.07) is 3.79. The molecule has 7 nitrogen and oxygen atoms in total. The zero-order chi connectivity index (χ0) is 16.2. The van der Waals surface area contributed by atoms with Crippen LogP contribution in [0.5, 0.6) is 0 Å². The molecule has 2 aromatic heterocycles. The highest BCUT2D eigenvalue weighted by Gasteiger charge is 2.26. The number of morpholine rings is 1. The Morgan fingerprint density at radius 2 is 2.26 bits per heavy atom. The van der Waals surface area contributed by atoms with Crippen LogP contribution in [0, 0.1) is 6.92 Å². The topological polar surface area (TPSA) is 73.1 Å². The summed E-state index contributed by atoms with van der Waals surface area (Å²) in [6.07, 6.45) is 4.48. The number of hydrogen-bond donors (Lipinski definition) is 0. The molecule has 1 aliphatic heterocycles. The van der Waals surface area contributed by atoms with Crippen molar-refractivity contribution in [3.05, 3.63) is 41.7 Å². The molecule has 1 saturated heterocycles. The Morgan fingerprint density at radius 1 is 1.39 bits per heavy atom. The predicted molar refractivity (Wildman–Crippen MR) is 83.6 cm³/mol. The van der Waals surface area contributed by atoms with Gasteiger partial charge in [0.05, 0.1) is 18.8 Å². The maximum absolute atomic E-state index is 12.5. The van der Waals surface area contributed by atoms with Gasteiger partial charge in [-0.05, 0) is 25.5 Å². The van der Waals surface area contributed by atoms with Crippen molar-refractivity contribution in [2.45, 2.75) is 25.9 Å². The maximum atomic E-state index is 12.5. The molecule has 23 heavy (non-hydrogen) atoms. The van der Waals surface area contributed by atoms with Crippen molar-refractivity contribution in [1.29, 1.82) is 0 Å². The van der Waals surface area contributed by atoms with Gasteiger partial charge < -0.3 is 9.64 Å². The van der Waals surface area contributed by atoms with E-state index in [9.17, 15) is 4.79 Å². The monoisotopic (exact) mass is 315 g/mol. The minimum Gasteiger partial charge on any atom is -0.368 e. The lowest BCUT2D eigenvalue weighted by atomic mass is 10.1. The fourth-order valence-corrected chi connectivity index (χ4v) is 2.75. The van der Waals surface area contributed by atoms with E-state index in [1.165, 1.54) is 0 Å². The summed E-state index contributed by atoms with van der Waals surface area (Å²) >= 11 is 0. The third kappa shape index (κ3) is 3.73. The van der Waals surface area contributed by atoms with Crippen LogP contribution in [-0.2, 0) is 23.0 Å². The van der Waals surface area contributed by atoms with E-state index in [4.69, 9.17) is 4.74 Å². The highest BCUT2D eigenvalue weighted by Crippen LogP contribution is 2.21. The van der Waals surface area contributed by atoms with Gasteiger partial charge >= 0.3 is 0 Å². The number of ether oxygens (including phenoxy) is 1. The number of carbonyl (C=O) groups excluding carboxylic acids is 1. The van der Waals surface area contributed by atoms with Crippen molar-refractivity contribution >= 4 is 5.91 Å². The molecule has 1 fully saturated rings. The van der Waals surface area contributed by atoms with E-state index in [-0.39, 0.29) is 12.0 Å². The lowest BCUT2D eigenvalue weighted by Crippen LogP contribution is -2.42. The fourth-order valence-electron chi connectivity index (χ4n) is 2.75. The molecule has 1 atom stereocenters. The molecule has 3 rings (SSSR count). The number of nitrogens with zero attached hydrogens (tertiary/aromatic N) is 5. The summed E-state index contributed by atoms with van der Waals surface area (Å²) in [6.45, 7) is 3.56. The number of aryl methyl sites for hydroxylation is 3. The molecule has 0 saturated carbocycles. The number of aromatic nitrogens is 4. The van der Waals surface area contributed by atoms with Crippen molar-refractivity contribution < 1.29 is 9.53 Å². The minimum atomic E-state index is -0.175. The first kappa shape index (κ1) is 15.6. The molecule has 0 N–H and O–H groups in total.